The summed E-state index contributed by atoms with van der Waals surface area (Å²) < 4.78 is 60.2. The summed E-state index contributed by atoms with van der Waals surface area (Å²) in [5, 5.41) is 4.28. The van der Waals surface area contributed by atoms with Gasteiger partial charge in [0.05, 0.1) is 5.56 Å². The molecule has 7 fully saturated rings. The number of hydrogen-bond donors (Lipinski definition) is 0. The van der Waals surface area contributed by atoms with Gasteiger partial charge in [0.25, 0.3) is 0 Å². The molecule has 1 amide bonds. The Hall–Kier alpha value is -3.23. The van der Waals surface area contributed by atoms with Crippen LogP contribution in [0.1, 0.15) is 93.8 Å². The van der Waals surface area contributed by atoms with Gasteiger partial charge in [0, 0.05) is 29.5 Å². The molecule has 7 saturated carbocycles. The maximum Gasteiger partial charge on any atom is 0.416 e. The minimum Gasteiger partial charge on any atom is -0.339 e. The molecule has 43 heavy (non-hydrogen) atoms. The zero-order chi connectivity index (χ0) is 29.6. The number of nitrogens with zero attached hydrogens (tertiary/aromatic N) is 3. The molecular weight excluding hydrogens is 558 g/mol. The molecule has 1 atom stereocenters. The molecule has 0 spiro atoms. The monoisotopic (exact) mass is 593 g/mol. The van der Waals surface area contributed by atoms with Gasteiger partial charge in [-0.05, 0) is 117 Å². The number of anilines is 1. The number of fused-ring (bicyclic) bond motifs is 4. The van der Waals surface area contributed by atoms with Crippen LogP contribution in [0.4, 0.5) is 23.2 Å². The Morgan fingerprint density at radius 3 is 2.23 bits per heavy atom. The van der Waals surface area contributed by atoms with E-state index in [4.69, 9.17) is 9.51 Å². The average molecular weight is 594 g/mol. The van der Waals surface area contributed by atoms with Gasteiger partial charge in [-0.3, -0.25) is 4.79 Å². The van der Waals surface area contributed by atoms with Gasteiger partial charge >= 0.3 is 6.18 Å². The van der Waals surface area contributed by atoms with Crippen LogP contribution in [-0.4, -0.2) is 28.3 Å². The molecule has 1 unspecified atom stereocenters. The molecule has 4 bridgehead atoms. The Labute approximate surface area is 248 Å². The van der Waals surface area contributed by atoms with E-state index in [-0.39, 0.29) is 35.0 Å². The predicted octanol–water partition coefficient (Wildman–Crippen LogP) is 8.40. The Morgan fingerprint density at radius 1 is 0.930 bits per heavy atom. The smallest absolute Gasteiger partial charge is 0.339 e. The summed E-state index contributed by atoms with van der Waals surface area (Å²) in [7, 11) is 0. The Morgan fingerprint density at radius 2 is 1.63 bits per heavy atom. The molecule has 0 aliphatic heterocycles. The molecule has 3 aromatic rings. The molecule has 1 aromatic heterocycles. The number of carbonyl (C=O) groups is 1. The first-order valence-electron chi connectivity index (χ1n) is 15.7. The fourth-order valence-corrected chi connectivity index (χ4v) is 8.50. The Kier molecular flexibility index (Phi) is 5.96. The highest BCUT2D eigenvalue weighted by atomic mass is 19.4. The van der Waals surface area contributed by atoms with Crippen molar-refractivity contribution in [2.24, 2.45) is 17.3 Å². The van der Waals surface area contributed by atoms with E-state index in [0.29, 0.717) is 30.9 Å². The Bertz CT molecular complexity index is 1530. The van der Waals surface area contributed by atoms with E-state index in [9.17, 15) is 22.4 Å². The third kappa shape index (κ3) is 4.69. The number of aromatic nitrogens is 2. The lowest BCUT2D eigenvalue weighted by atomic mass is 9.53. The first-order valence-corrected chi connectivity index (χ1v) is 15.7. The van der Waals surface area contributed by atoms with Gasteiger partial charge in [-0.15, -0.1) is 0 Å². The number of benzene rings is 2. The lowest BCUT2D eigenvalue weighted by Gasteiger charge is -2.53. The van der Waals surface area contributed by atoms with Gasteiger partial charge < -0.3 is 9.42 Å². The molecule has 0 radical (unpaired) electrons. The normalized spacial score (nSPS) is 32.9. The number of hydrogen-bond acceptors (Lipinski definition) is 4. The van der Waals surface area contributed by atoms with Crippen LogP contribution in [0, 0.1) is 17.3 Å². The fourth-order valence-electron chi connectivity index (χ4n) is 8.50. The van der Waals surface area contributed by atoms with Crippen LogP contribution in [0.2, 0.25) is 0 Å². The lowest BCUT2D eigenvalue weighted by Crippen LogP contribution is -2.51. The molecule has 226 valence electrons. The zero-order valence-corrected chi connectivity index (χ0v) is 24.0. The lowest BCUT2D eigenvalue weighted by molar-refractivity contribution is -0.137. The second-order valence-electron chi connectivity index (χ2n) is 14.2. The van der Waals surface area contributed by atoms with Crippen molar-refractivity contribution in [1.82, 2.24) is 10.1 Å². The van der Waals surface area contributed by atoms with E-state index >= 15 is 0 Å². The fraction of sp³-hybridized carbons (Fsp3) is 0.559. The van der Waals surface area contributed by atoms with E-state index in [1.807, 2.05) is 29.2 Å². The molecule has 0 saturated heterocycles. The van der Waals surface area contributed by atoms with Crippen molar-refractivity contribution in [3.8, 4) is 11.1 Å². The second-order valence-corrected chi connectivity index (χ2v) is 14.2. The number of amides is 1. The average Bonchev–Trinajstić information content (AvgIpc) is 3.47. The first kappa shape index (κ1) is 27.3. The van der Waals surface area contributed by atoms with E-state index in [1.54, 1.807) is 0 Å². The van der Waals surface area contributed by atoms with Gasteiger partial charge in [0.2, 0.25) is 11.8 Å². The summed E-state index contributed by atoms with van der Waals surface area (Å²) >= 11 is 0. The second kappa shape index (κ2) is 9.38. The van der Waals surface area contributed by atoms with Gasteiger partial charge in [0.1, 0.15) is 5.67 Å². The summed E-state index contributed by atoms with van der Waals surface area (Å²) in [5.41, 5.74) is 0.0591. The van der Waals surface area contributed by atoms with E-state index in [1.165, 1.54) is 12.1 Å². The van der Waals surface area contributed by atoms with Crippen molar-refractivity contribution in [2.75, 3.05) is 11.4 Å². The van der Waals surface area contributed by atoms with Crippen molar-refractivity contribution >= 4 is 11.6 Å². The van der Waals surface area contributed by atoms with E-state index in [2.05, 4.69) is 5.16 Å². The van der Waals surface area contributed by atoms with Crippen LogP contribution in [0.3, 0.4) is 0 Å². The van der Waals surface area contributed by atoms with Crippen molar-refractivity contribution < 1.29 is 26.9 Å². The van der Waals surface area contributed by atoms with Gasteiger partial charge in [-0.25, -0.2) is 4.39 Å². The molecule has 0 N–H and O–H groups in total. The van der Waals surface area contributed by atoms with E-state index < -0.39 is 17.4 Å². The highest BCUT2D eigenvalue weighted by molar-refractivity contribution is 5.96. The number of alkyl halides is 4. The molecular formula is C34H35F4N3O2. The highest BCUT2D eigenvalue weighted by Gasteiger charge is 2.60. The Balaban J connectivity index is 1.07. The third-order valence-electron chi connectivity index (χ3n) is 11.4. The number of rotatable bonds is 7. The molecule has 7 aliphatic rings. The van der Waals surface area contributed by atoms with Gasteiger partial charge in [-0.2, -0.15) is 18.2 Å². The largest absolute Gasteiger partial charge is 0.416 e. The summed E-state index contributed by atoms with van der Waals surface area (Å²) in [5.74, 6) is 1.80. The van der Waals surface area contributed by atoms with Crippen LogP contribution < -0.4 is 4.90 Å². The maximum atomic E-state index is 15.0. The van der Waals surface area contributed by atoms with Gasteiger partial charge in [0.15, 0.2) is 5.82 Å². The molecule has 5 nitrogen and oxygen atoms in total. The quantitative estimate of drug-likeness (QED) is 0.258. The number of halogens is 4. The SMILES string of the molecule is O=C(C1CC2(F)CC1C2)N(CC12CCC(c3nc(C4CC4)no3)(CC1)CC2)c1cccc(-c2ccc(C(F)(F)F)cc2)c1. The predicted molar refractivity (Wildman–Crippen MR) is 152 cm³/mol. The van der Waals surface area contributed by atoms with E-state index in [0.717, 1.165) is 86.5 Å². The minimum absolute atomic E-state index is 0.0191. The number of carbonyl (C=O) groups excluding carboxylic acids is 1. The molecule has 2 aromatic carbocycles. The maximum absolute atomic E-state index is 15.0. The van der Waals surface area contributed by atoms with Crippen LogP contribution in [-0.2, 0) is 16.4 Å². The van der Waals surface area contributed by atoms with Crippen LogP contribution in [0.5, 0.6) is 0 Å². The molecule has 1 heterocycles. The van der Waals surface area contributed by atoms with Crippen molar-refractivity contribution in [3.05, 3.63) is 65.8 Å². The topological polar surface area (TPSA) is 59.2 Å². The third-order valence-corrected chi connectivity index (χ3v) is 11.4. The van der Waals surface area contributed by atoms with Crippen LogP contribution in [0.15, 0.2) is 53.1 Å². The van der Waals surface area contributed by atoms with Crippen LogP contribution >= 0.6 is 0 Å². The first-order chi connectivity index (χ1) is 20.5. The molecule has 10 rings (SSSR count). The zero-order valence-electron chi connectivity index (χ0n) is 24.0. The minimum atomic E-state index is -4.40. The molecule has 7 aliphatic carbocycles. The van der Waals surface area contributed by atoms with Gasteiger partial charge in [-0.1, -0.05) is 29.4 Å². The van der Waals surface area contributed by atoms with Crippen molar-refractivity contribution in [3.63, 3.8) is 0 Å². The summed E-state index contributed by atoms with van der Waals surface area (Å²) in [6, 6.07) is 12.6. The highest BCUT2D eigenvalue weighted by Crippen LogP contribution is 2.60. The van der Waals surface area contributed by atoms with Crippen molar-refractivity contribution in [1.29, 1.82) is 0 Å². The summed E-state index contributed by atoms with van der Waals surface area (Å²) in [4.78, 5) is 20.9. The molecule has 9 heteroatoms. The van der Waals surface area contributed by atoms with Crippen molar-refractivity contribution in [2.45, 2.75) is 93.8 Å². The van der Waals surface area contributed by atoms with Crippen LogP contribution in [0.25, 0.3) is 11.1 Å². The standard InChI is InChI=1S/C34H35F4N3O2/c35-33-17-24(18-33)27(19-33)29(42)41(26-3-1-2-23(16-26)21-6-8-25(9-7-21)34(36,37)38)20-31-10-13-32(14-11-31,15-12-31)30-39-28(40-43-30)22-4-5-22/h1-3,6-9,16,22,24,27H,4-5,10-15,17-20H2. The summed E-state index contributed by atoms with van der Waals surface area (Å²) in [6.07, 6.45) is 4.70. The summed E-state index contributed by atoms with van der Waals surface area (Å²) in [6.45, 7) is 0.554.